The van der Waals surface area contributed by atoms with E-state index in [-0.39, 0.29) is 0 Å². The largest absolute Gasteiger partial charge is 0.455 e. The van der Waals surface area contributed by atoms with Crippen molar-refractivity contribution < 1.29 is 4.74 Å². The third kappa shape index (κ3) is 2.44. The van der Waals surface area contributed by atoms with Crippen molar-refractivity contribution in [1.82, 2.24) is 9.97 Å². The molecule has 0 radical (unpaired) electrons. The van der Waals surface area contributed by atoms with Crippen LogP contribution in [0.4, 0.5) is 0 Å². The zero-order chi connectivity index (χ0) is 13.1. The Morgan fingerprint density at radius 2 is 2.05 bits per heavy atom. The molecule has 92 valence electrons. The molecule has 0 saturated heterocycles. The number of hydrogen-bond acceptors (Lipinski definition) is 4. The van der Waals surface area contributed by atoms with Gasteiger partial charge in [0.15, 0.2) is 5.76 Å². The van der Waals surface area contributed by atoms with Gasteiger partial charge in [-0.05, 0) is 6.08 Å². The average molecular weight is 249 g/mol. The Hall–Kier alpha value is -2.71. The minimum Gasteiger partial charge on any atom is -0.455 e. The van der Waals surface area contributed by atoms with Gasteiger partial charge >= 0.3 is 0 Å². The van der Waals surface area contributed by atoms with E-state index in [1.165, 1.54) is 0 Å². The van der Waals surface area contributed by atoms with Crippen molar-refractivity contribution >= 4 is 18.4 Å². The van der Waals surface area contributed by atoms with Crippen LogP contribution < -0.4 is 10.7 Å². The second-order valence-electron chi connectivity index (χ2n) is 4.01. The van der Waals surface area contributed by atoms with Crippen LogP contribution in [-0.4, -0.2) is 16.2 Å². The fourth-order valence-corrected chi connectivity index (χ4v) is 1.83. The summed E-state index contributed by atoms with van der Waals surface area (Å²) in [5.74, 6) is 1.15. The molecule has 3 rings (SSSR count). The van der Waals surface area contributed by atoms with E-state index in [1.807, 2.05) is 6.08 Å². The number of allylic oxidation sites excluding steroid dienone is 3. The molecule has 19 heavy (non-hydrogen) atoms. The topological polar surface area (TPSA) is 47.4 Å². The van der Waals surface area contributed by atoms with Gasteiger partial charge in [0.05, 0.1) is 16.4 Å². The van der Waals surface area contributed by atoms with E-state index in [4.69, 9.17) is 4.74 Å². The summed E-state index contributed by atoms with van der Waals surface area (Å²) in [6.07, 6.45) is 12.9. The van der Waals surface area contributed by atoms with Gasteiger partial charge in [-0.3, -0.25) is 15.0 Å². The lowest BCUT2D eigenvalue weighted by atomic mass is 10.2. The fraction of sp³-hybridized carbons (Fsp3) is 0.0667. The summed E-state index contributed by atoms with van der Waals surface area (Å²) in [6, 6.07) is 0. The van der Waals surface area contributed by atoms with Crippen molar-refractivity contribution in [3.05, 3.63) is 64.8 Å². The lowest BCUT2D eigenvalue weighted by Crippen LogP contribution is -2.30. The van der Waals surface area contributed by atoms with Gasteiger partial charge in [-0.2, -0.15) is 0 Å². The summed E-state index contributed by atoms with van der Waals surface area (Å²) in [4.78, 5) is 12.9. The van der Waals surface area contributed by atoms with Crippen molar-refractivity contribution in [3.63, 3.8) is 0 Å². The SMILES string of the molecule is C=C1/C=c2/nccn/c2=C/CC2=C(C=C=CC=N2)O1. The van der Waals surface area contributed by atoms with Gasteiger partial charge in [-0.15, -0.1) is 5.73 Å². The first-order valence-electron chi connectivity index (χ1n) is 5.87. The van der Waals surface area contributed by atoms with Crippen LogP contribution in [0.1, 0.15) is 6.42 Å². The first-order valence-corrected chi connectivity index (χ1v) is 5.87. The number of rotatable bonds is 0. The number of nitrogens with zero attached hydrogens (tertiary/aromatic N) is 3. The smallest absolute Gasteiger partial charge is 0.156 e. The Morgan fingerprint density at radius 3 is 2.95 bits per heavy atom. The molecule has 4 nitrogen and oxygen atoms in total. The maximum Gasteiger partial charge on any atom is 0.156 e. The lowest BCUT2D eigenvalue weighted by Gasteiger charge is -2.07. The van der Waals surface area contributed by atoms with E-state index in [0.717, 1.165) is 16.4 Å². The minimum absolute atomic E-state index is 0.500. The molecule has 0 amide bonds. The molecular formula is C15H11N3O. The van der Waals surface area contributed by atoms with Crippen molar-refractivity contribution in [2.75, 3.05) is 0 Å². The molecule has 1 aromatic rings. The maximum atomic E-state index is 5.70. The van der Waals surface area contributed by atoms with Crippen LogP contribution in [0.25, 0.3) is 12.2 Å². The molecule has 2 aliphatic rings. The molecule has 0 atom stereocenters. The molecule has 0 N–H and O–H groups in total. The standard InChI is InChI=1S/C15H11N3O/c1-11-10-14-12(17-8-9-18-14)5-6-13-15(19-11)4-2-3-7-16-13/h3-5,7-10H,1,6H2/b12-5+,14-10+. The minimum atomic E-state index is 0.500. The Bertz CT molecular complexity index is 778. The third-order valence-electron chi connectivity index (χ3n) is 2.68. The summed E-state index contributed by atoms with van der Waals surface area (Å²) in [7, 11) is 0. The van der Waals surface area contributed by atoms with Gasteiger partial charge in [0, 0.05) is 37.2 Å². The highest BCUT2D eigenvalue weighted by Gasteiger charge is 2.08. The number of ether oxygens (including phenoxy) is 1. The molecule has 0 fully saturated rings. The van der Waals surface area contributed by atoms with Crippen LogP contribution in [0, 0.1) is 0 Å². The molecular weight excluding hydrogens is 238 g/mol. The third-order valence-corrected chi connectivity index (χ3v) is 2.68. The average Bonchev–Trinajstić information content (AvgIpc) is 2.59. The predicted octanol–water partition coefficient (Wildman–Crippen LogP) is 0.979. The number of hydrogen-bond donors (Lipinski definition) is 0. The highest BCUT2D eigenvalue weighted by molar-refractivity contribution is 5.73. The molecule has 0 bridgehead atoms. The van der Waals surface area contributed by atoms with Crippen molar-refractivity contribution in [2.24, 2.45) is 4.99 Å². The summed E-state index contributed by atoms with van der Waals surface area (Å²) < 4.78 is 5.70. The lowest BCUT2D eigenvalue weighted by molar-refractivity contribution is 0.339. The van der Waals surface area contributed by atoms with Gasteiger partial charge in [0.1, 0.15) is 5.76 Å². The first kappa shape index (κ1) is 11.4. The van der Waals surface area contributed by atoms with E-state index in [9.17, 15) is 0 Å². The molecule has 0 aliphatic carbocycles. The number of fused-ring (bicyclic) bond motifs is 1. The van der Waals surface area contributed by atoms with Crippen molar-refractivity contribution in [2.45, 2.75) is 6.42 Å². The van der Waals surface area contributed by atoms with Crippen LogP contribution in [-0.2, 0) is 4.74 Å². The van der Waals surface area contributed by atoms with Crippen LogP contribution in [0.15, 0.2) is 59.1 Å². The number of aromatic nitrogens is 2. The van der Waals surface area contributed by atoms with E-state index >= 15 is 0 Å². The van der Waals surface area contributed by atoms with Crippen molar-refractivity contribution in [1.29, 1.82) is 0 Å². The molecule has 2 aliphatic heterocycles. The fourth-order valence-electron chi connectivity index (χ4n) is 1.83. The van der Waals surface area contributed by atoms with Crippen LogP contribution in [0.3, 0.4) is 0 Å². The van der Waals surface area contributed by atoms with Crippen LogP contribution in [0.2, 0.25) is 0 Å². The van der Waals surface area contributed by atoms with Crippen LogP contribution >= 0.6 is 0 Å². The molecule has 4 heteroatoms. The van der Waals surface area contributed by atoms with Crippen LogP contribution in [0.5, 0.6) is 0 Å². The van der Waals surface area contributed by atoms with E-state index in [2.05, 4.69) is 27.3 Å². The van der Waals surface area contributed by atoms with Gasteiger partial charge < -0.3 is 4.74 Å². The summed E-state index contributed by atoms with van der Waals surface area (Å²) in [5.41, 5.74) is 3.79. The van der Waals surface area contributed by atoms with E-state index < -0.39 is 0 Å². The van der Waals surface area contributed by atoms with Crippen molar-refractivity contribution in [3.8, 4) is 0 Å². The van der Waals surface area contributed by atoms with Gasteiger partial charge in [-0.1, -0.05) is 12.7 Å². The zero-order valence-electron chi connectivity index (χ0n) is 10.2. The zero-order valence-corrected chi connectivity index (χ0v) is 10.2. The Morgan fingerprint density at radius 1 is 1.21 bits per heavy atom. The van der Waals surface area contributed by atoms with Gasteiger partial charge in [0.2, 0.25) is 0 Å². The Kier molecular flexibility index (Phi) is 2.93. The second kappa shape index (κ2) is 4.88. The number of aliphatic imine (C=N–C) groups is 1. The van der Waals surface area contributed by atoms with Gasteiger partial charge in [-0.25, -0.2) is 0 Å². The summed E-state index contributed by atoms with van der Waals surface area (Å²) in [6.45, 7) is 3.87. The molecule has 0 spiro atoms. The molecule has 3 heterocycles. The molecule has 0 aromatic carbocycles. The summed E-state index contributed by atoms with van der Waals surface area (Å²) in [5, 5.41) is 1.55. The monoisotopic (exact) mass is 249 g/mol. The second-order valence-corrected chi connectivity index (χ2v) is 4.01. The quantitative estimate of drug-likeness (QED) is 0.644. The highest BCUT2D eigenvalue weighted by atomic mass is 16.5. The molecule has 1 aromatic heterocycles. The highest BCUT2D eigenvalue weighted by Crippen LogP contribution is 2.18. The first-order chi connectivity index (χ1) is 9.33. The molecule has 0 unspecified atom stereocenters. The Balaban J connectivity index is 2.18. The normalized spacial score (nSPS) is 20.5. The van der Waals surface area contributed by atoms with Gasteiger partial charge in [0.25, 0.3) is 0 Å². The predicted molar refractivity (Wildman–Crippen MR) is 73.2 cm³/mol. The van der Waals surface area contributed by atoms with E-state index in [1.54, 1.807) is 36.8 Å². The maximum absolute atomic E-state index is 5.70. The van der Waals surface area contributed by atoms with E-state index in [0.29, 0.717) is 17.9 Å². The summed E-state index contributed by atoms with van der Waals surface area (Å²) >= 11 is 0. The Labute approximate surface area is 110 Å². The molecule has 0 saturated carbocycles.